The Balaban J connectivity index is 1.90. The van der Waals surface area contributed by atoms with Crippen LogP contribution in [0.1, 0.15) is 13.8 Å². The fourth-order valence-electron chi connectivity index (χ4n) is 2.22. The van der Waals surface area contributed by atoms with Crippen LogP contribution in [0.4, 0.5) is 5.69 Å². The van der Waals surface area contributed by atoms with Gasteiger partial charge in [0.15, 0.2) is 0 Å². The second-order valence-electron chi connectivity index (χ2n) is 5.04. The Labute approximate surface area is 129 Å². The average molecular weight is 307 g/mol. The highest BCUT2D eigenvalue weighted by atomic mass is 32.2. The smallest absolute Gasteiger partial charge is 0.235 e. The molecule has 1 aliphatic heterocycles. The summed E-state index contributed by atoms with van der Waals surface area (Å²) in [5.41, 5.74) is 0.771. The van der Waals surface area contributed by atoms with Gasteiger partial charge in [-0.05, 0) is 31.2 Å². The summed E-state index contributed by atoms with van der Waals surface area (Å²) in [4.78, 5) is 26.2. The highest BCUT2D eigenvalue weighted by molar-refractivity contribution is 8.00. The van der Waals surface area contributed by atoms with Crippen molar-refractivity contribution in [2.75, 3.05) is 31.5 Å². The van der Waals surface area contributed by atoms with Crippen molar-refractivity contribution >= 4 is 29.3 Å². The molecule has 0 spiro atoms. The van der Waals surface area contributed by atoms with Crippen molar-refractivity contribution in [3.63, 3.8) is 0 Å². The molecule has 1 fully saturated rings. The Morgan fingerprint density at radius 1 is 1.24 bits per heavy atom. The molecule has 6 heteroatoms. The third-order valence-corrected chi connectivity index (χ3v) is 4.36. The third kappa shape index (κ3) is 4.75. The summed E-state index contributed by atoms with van der Waals surface area (Å²) in [5.74, 6) is 0.102. The number of carbonyl (C=O) groups is 2. The number of nitrogens with one attached hydrogen (secondary N) is 2. The molecule has 1 aromatic carbocycles. The van der Waals surface area contributed by atoms with Gasteiger partial charge >= 0.3 is 0 Å². The summed E-state index contributed by atoms with van der Waals surface area (Å²) in [6.07, 6.45) is 0. The molecule has 1 saturated heterocycles. The molecular weight excluding hydrogens is 286 g/mol. The predicted octanol–water partition coefficient (Wildman–Crippen LogP) is 1.56. The SMILES string of the molecule is CC(=O)Nc1ccc(SC(C)C(=O)N2CCNCC2)cc1. The van der Waals surface area contributed by atoms with Gasteiger partial charge in [-0.3, -0.25) is 9.59 Å². The van der Waals surface area contributed by atoms with Gasteiger partial charge in [0.1, 0.15) is 0 Å². The van der Waals surface area contributed by atoms with Gasteiger partial charge in [0.05, 0.1) is 5.25 Å². The second-order valence-corrected chi connectivity index (χ2v) is 6.46. The van der Waals surface area contributed by atoms with Gasteiger partial charge in [0, 0.05) is 43.7 Å². The van der Waals surface area contributed by atoms with E-state index in [-0.39, 0.29) is 17.1 Å². The maximum absolute atomic E-state index is 12.3. The van der Waals surface area contributed by atoms with E-state index in [4.69, 9.17) is 0 Å². The van der Waals surface area contributed by atoms with Crippen LogP contribution < -0.4 is 10.6 Å². The highest BCUT2D eigenvalue weighted by Gasteiger charge is 2.22. The molecule has 1 unspecified atom stereocenters. The lowest BCUT2D eigenvalue weighted by atomic mass is 10.3. The molecule has 5 nitrogen and oxygen atoms in total. The van der Waals surface area contributed by atoms with Crippen LogP contribution in [-0.2, 0) is 9.59 Å². The van der Waals surface area contributed by atoms with Crippen LogP contribution in [0.15, 0.2) is 29.2 Å². The van der Waals surface area contributed by atoms with E-state index >= 15 is 0 Å². The van der Waals surface area contributed by atoms with Gasteiger partial charge in [0.2, 0.25) is 11.8 Å². The Kier molecular flexibility index (Phi) is 5.64. The maximum Gasteiger partial charge on any atom is 0.235 e. The molecule has 0 saturated carbocycles. The van der Waals surface area contributed by atoms with Crippen LogP contribution in [0.5, 0.6) is 0 Å². The summed E-state index contributed by atoms with van der Waals surface area (Å²) in [7, 11) is 0. The van der Waals surface area contributed by atoms with Crippen molar-refractivity contribution < 1.29 is 9.59 Å². The molecular formula is C15H21N3O2S. The number of anilines is 1. The molecule has 1 aromatic rings. The lowest BCUT2D eigenvalue weighted by molar-refractivity contribution is -0.130. The molecule has 0 bridgehead atoms. The van der Waals surface area contributed by atoms with E-state index in [1.54, 1.807) is 11.8 Å². The number of thioether (sulfide) groups is 1. The molecule has 1 aliphatic rings. The lowest BCUT2D eigenvalue weighted by Crippen LogP contribution is -2.48. The van der Waals surface area contributed by atoms with E-state index in [1.807, 2.05) is 36.1 Å². The normalized spacial score (nSPS) is 16.4. The number of rotatable bonds is 4. The molecule has 2 amide bonds. The largest absolute Gasteiger partial charge is 0.339 e. The Morgan fingerprint density at radius 2 is 1.86 bits per heavy atom. The first-order valence-electron chi connectivity index (χ1n) is 7.10. The minimum absolute atomic E-state index is 0.0855. The van der Waals surface area contributed by atoms with Gasteiger partial charge in [0.25, 0.3) is 0 Å². The second kappa shape index (κ2) is 7.47. The van der Waals surface area contributed by atoms with Crippen LogP contribution in [-0.4, -0.2) is 48.1 Å². The molecule has 0 aliphatic carbocycles. The summed E-state index contributed by atoms with van der Waals surface area (Å²) < 4.78 is 0. The molecule has 0 radical (unpaired) electrons. The summed E-state index contributed by atoms with van der Waals surface area (Å²) >= 11 is 1.55. The predicted molar refractivity (Wildman–Crippen MR) is 85.5 cm³/mol. The van der Waals surface area contributed by atoms with Gasteiger partial charge in [-0.1, -0.05) is 0 Å². The fraction of sp³-hybridized carbons (Fsp3) is 0.467. The quantitative estimate of drug-likeness (QED) is 0.829. The molecule has 21 heavy (non-hydrogen) atoms. The number of nitrogens with zero attached hydrogens (tertiary/aromatic N) is 1. The standard InChI is InChI=1S/C15H21N3O2S/c1-11(15(20)18-9-7-16-8-10-18)21-14-5-3-13(4-6-14)17-12(2)19/h3-6,11,16H,7-10H2,1-2H3,(H,17,19). The topological polar surface area (TPSA) is 61.4 Å². The summed E-state index contributed by atoms with van der Waals surface area (Å²) in [6, 6.07) is 7.56. The first kappa shape index (κ1) is 15.9. The molecule has 1 atom stereocenters. The molecule has 114 valence electrons. The van der Waals surface area contributed by atoms with E-state index in [2.05, 4.69) is 10.6 Å². The van der Waals surface area contributed by atoms with Crippen LogP contribution in [0.2, 0.25) is 0 Å². The van der Waals surface area contributed by atoms with Crippen molar-refractivity contribution in [1.29, 1.82) is 0 Å². The van der Waals surface area contributed by atoms with Crippen molar-refractivity contribution in [3.05, 3.63) is 24.3 Å². The Bertz CT molecular complexity index is 498. The Morgan fingerprint density at radius 3 is 2.43 bits per heavy atom. The minimum Gasteiger partial charge on any atom is -0.339 e. The zero-order chi connectivity index (χ0) is 15.2. The van der Waals surface area contributed by atoms with Gasteiger partial charge in [-0.2, -0.15) is 0 Å². The van der Waals surface area contributed by atoms with E-state index in [0.29, 0.717) is 0 Å². The molecule has 0 aromatic heterocycles. The zero-order valence-corrected chi connectivity index (χ0v) is 13.2. The van der Waals surface area contributed by atoms with Gasteiger partial charge in [-0.15, -0.1) is 11.8 Å². The van der Waals surface area contributed by atoms with Crippen LogP contribution in [0.25, 0.3) is 0 Å². The van der Waals surface area contributed by atoms with Crippen molar-refractivity contribution in [2.24, 2.45) is 0 Å². The number of hydrogen-bond acceptors (Lipinski definition) is 4. The zero-order valence-electron chi connectivity index (χ0n) is 12.4. The monoisotopic (exact) mass is 307 g/mol. The van der Waals surface area contributed by atoms with E-state index < -0.39 is 0 Å². The highest BCUT2D eigenvalue weighted by Crippen LogP contribution is 2.26. The average Bonchev–Trinajstić information content (AvgIpc) is 2.49. The number of benzene rings is 1. The Hall–Kier alpha value is -1.53. The maximum atomic E-state index is 12.3. The third-order valence-electron chi connectivity index (χ3n) is 3.26. The van der Waals surface area contributed by atoms with Crippen molar-refractivity contribution in [2.45, 2.75) is 24.0 Å². The van der Waals surface area contributed by atoms with Crippen LogP contribution in [0.3, 0.4) is 0 Å². The lowest BCUT2D eigenvalue weighted by Gasteiger charge is -2.29. The van der Waals surface area contributed by atoms with Crippen LogP contribution in [0, 0.1) is 0 Å². The molecule has 1 heterocycles. The fourth-order valence-corrected chi connectivity index (χ4v) is 3.17. The van der Waals surface area contributed by atoms with Crippen molar-refractivity contribution in [3.8, 4) is 0 Å². The summed E-state index contributed by atoms with van der Waals surface area (Å²) in [6.45, 7) is 6.73. The number of hydrogen-bond donors (Lipinski definition) is 2. The first-order chi connectivity index (χ1) is 10.1. The summed E-state index contributed by atoms with van der Waals surface area (Å²) in [5, 5.41) is 5.87. The van der Waals surface area contributed by atoms with Crippen LogP contribution >= 0.6 is 11.8 Å². The van der Waals surface area contributed by atoms with Gasteiger partial charge in [-0.25, -0.2) is 0 Å². The van der Waals surface area contributed by atoms with E-state index in [9.17, 15) is 9.59 Å². The first-order valence-corrected chi connectivity index (χ1v) is 7.98. The number of amides is 2. The number of piperazine rings is 1. The van der Waals surface area contributed by atoms with E-state index in [1.165, 1.54) is 6.92 Å². The molecule has 2 N–H and O–H groups in total. The van der Waals surface area contributed by atoms with E-state index in [0.717, 1.165) is 36.8 Å². The number of carbonyl (C=O) groups excluding carboxylic acids is 2. The van der Waals surface area contributed by atoms with Gasteiger partial charge < -0.3 is 15.5 Å². The minimum atomic E-state index is -0.102. The molecule has 2 rings (SSSR count). The van der Waals surface area contributed by atoms with Crippen molar-refractivity contribution in [1.82, 2.24) is 10.2 Å².